The second-order valence-electron chi connectivity index (χ2n) is 7.10. The van der Waals surface area contributed by atoms with Gasteiger partial charge in [-0.1, -0.05) is 64.6 Å². The lowest BCUT2D eigenvalue weighted by atomic mass is 10.2. The van der Waals surface area contributed by atoms with Gasteiger partial charge < -0.3 is 15.4 Å². The van der Waals surface area contributed by atoms with Crippen LogP contribution in [0.25, 0.3) is 6.08 Å². The minimum absolute atomic E-state index is 0.148. The van der Waals surface area contributed by atoms with E-state index in [-0.39, 0.29) is 28.3 Å². The SMILES string of the molecule is O=C(COc1c(Cl)cc(/C=C2/SC(=Nc3ccccc3)NC2=O)cc1Cl)Nc1ccc(Cl)c(Cl)c1. The van der Waals surface area contributed by atoms with Crippen LogP contribution in [0.5, 0.6) is 5.75 Å². The van der Waals surface area contributed by atoms with Crippen molar-refractivity contribution in [3.63, 3.8) is 0 Å². The van der Waals surface area contributed by atoms with Crippen LogP contribution < -0.4 is 15.4 Å². The molecule has 2 amide bonds. The van der Waals surface area contributed by atoms with Crippen molar-refractivity contribution < 1.29 is 14.3 Å². The number of amides is 2. The third-order valence-electron chi connectivity index (χ3n) is 4.51. The molecule has 3 aromatic carbocycles. The monoisotopic (exact) mass is 565 g/mol. The van der Waals surface area contributed by atoms with Crippen molar-refractivity contribution in [1.29, 1.82) is 0 Å². The average Bonchev–Trinajstić information content (AvgIpc) is 3.14. The number of anilines is 1. The molecule has 1 aliphatic rings. The van der Waals surface area contributed by atoms with Gasteiger partial charge in [-0.05, 0) is 65.9 Å². The van der Waals surface area contributed by atoms with Crippen LogP contribution in [0.1, 0.15) is 5.56 Å². The van der Waals surface area contributed by atoms with Crippen molar-refractivity contribution >= 4 is 92.6 Å². The van der Waals surface area contributed by atoms with Crippen LogP contribution in [-0.2, 0) is 9.59 Å². The van der Waals surface area contributed by atoms with Crippen molar-refractivity contribution in [2.45, 2.75) is 0 Å². The summed E-state index contributed by atoms with van der Waals surface area (Å²) in [5.41, 5.74) is 1.79. The highest BCUT2D eigenvalue weighted by atomic mass is 35.5. The van der Waals surface area contributed by atoms with Gasteiger partial charge in [-0.25, -0.2) is 4.99 Å². The van der Waals surface area contributed by atoms with Crippen LogP contribution in [0.2, 0.25) is 20.1 Å². The molecule has 1 fully saturated rings. The molecule has 1 heterocycles. The first-order chi connectivity index (χ1) is 16.8. The minimum Gasteiger partial charge on any atom is -0.481 e. The predicted molar refractivity (Wildman–Crippen MR) is 144 cm³/mol. The quantitative estimate of drug-likeness (QED) is 0.309. The molecule has 35 heavy (non-hydrogen) atoms. The molecule has 178 valence electrons. The summed E-state index contributed by atoms with van der Waals surface area (Å²) in [5.74, 6) is -0.572. The van der Waals surface area contributed by atoms with Gasteiger partial charge in [-0.15, -0.1) is 0 Å². The van der Waals surface area contributed by atoms with Crippen molar-refractivity contribution in [1.82, 2.24) is 5.32 Å². The first-order valence-electron chi connectivity index (χ1n) is 10.00. The molecule has 0 atom stereocenters. The summed E-state index contributed by atoms with van der Waals surface area (Å²) >= 11 is 25.7. The van der Waals surface area contributed by atoms with Crippen LogP contribution in [0.4, 0.5) is 11.4 Å². The second kappa shape index (κ2) is 11.4. The highest BCUT2D eigenvalue weighted by molar-refractivity contribution is 8.18. The zero-order valence-corrected chi connectivity index (χ0v) is 21.5. The first kappa shape index (κ1) is 25.4. The summed E-state index contributed by atoms with van der Waals surface area (Å²) in [6.07, 6.45) is 1.64. The molecule has 6 nitrogen and oxygen atoms in total. The second-order valence-corrected chi connectivity index (χ2v) is 9.76. The Kier molecular flexibility index (Phi) is 8.26. The van der Waals surface area contributed by atoms with E-state index in [4.69, 9.17) is 51.1 Å². The number of halogens is 4. The Labute approximate surface area is 225 Å². The van der Waals surface area contributed by atoms with E-state index in [1.165, 1.54) is 17.8 Å². The number of benzene rings is 3. The van der Waals surface area contributed by atoms with Crippen LogP contribution in [-0.4, -0.2) is 23.6 Å². The molecule has 0 aromatic heterocycles. The lowest BCUT2D eigenvalue weighted by Gasteiger charge is -2.11. The van der Waals surface area contributed by atoms with E-state index < -0.39 is 5.91 Å². The number of nitrogens with zero attached hydrogens (tertiary/aromatic N) is 1. The largest absolute Gasteiger partial charge is 0.481 e. The summed E-state index contributed by atoms with van der Waals surface area (Å²) in [4.78, 5) is 29.4. The number of thioether (sulfide) groups is 1. The fourth-order valence-electron chi connectivity index (χ4n) is 2.96. The van der Waals surface area contributed by atoms with Gasteiger partial charge in [0.2, 0.25) is 0 Å². The summed E-state index contributed by atoms with van der Waals surface area (Å²) in [6.45, 7) is -0.336. The summed E-state index contributed by atoms with van der Waals surface area (Å²) in [5, 5.41) is 6.91. The van der Waals surface area contributed by atoms with Crippen LogP contribution in [0.3, 0.4) is 0 Å². The molecule has 4 rings (SSSR count). The maximum atomic E-state index is 12.4. The number of hydrogen-bond donors (Lipinski definition) is 2. The maximum Gasteiger partial charge on any atom is 0.264 e. The normalized spacial score (nSPS) is 15.4. The van der Waals surface area contributed by atoms with E-state index in [2.05, 4.69) is 15.6 Å². The number of amidine groups is 1. The van der Waals surface area contributed by atoms with Crippen LogP contribution in [0, 0.1) is 0 Å². The standard InChI is InChI=1S/C24H15Cl4N3O3S/c25-16-7-6-15(11-17(16)26)29-21(32)12-34-22-18(27)8-13(9-19(22)28)10-20-23(33)31-24(35-20)30-14-4-2-1-3-5-14/h1-11H,12H2,(H,29,32)(H,30,31,33)/b20-10+. The van der Waals surface area contributed by atoms with Gasteiger partial charge in [0, 0.05) is 5.69 Å². The molecule has 0 bridgehead atoms. The molecule has 1 aliphatic heterocycles. The number of aliphatic imine (C=N–C) groups is 1. The molecular weight excluding hydrogens is 552 g/mol. The maximum absolute atomic E-state index is 12.4. The van der Waals surface area contributed by atoms with Crippen molar-refractivity contribution in [3.8, 4) is 5.75 Å². The topological polar surface area (TPSA) is 79.8 Å². The molecule has 2 N–H and O–H groups in total. The van der Waals surface area contributed by atoms with Gasteiger partial charge in [-0.2, -0.15) is 0 Å². The zero-order valence-electron chi connectivity index (χ0n) is 17.7. The highest BCUT2D eigenvalue weighted by Gasteiger charge is 2.24. The lowest BCUT2D eigenvalue weighted by Crippen LogP contribution is -2.20. The van der Waals surface area contributed by atoms with E-state index in [9.17, 15) is 9.59 Å². The van der Waals surface area contributed by atoms with Crippen molar-refractivity contribution in [2.75, 3.05) is 11.9 Å². The van der Waals surface area contributed by atoms with E-state index in [0.717, 1.165) is 5.69 Å². The van der Waals surface area contributed by atoms with Gasteiger partial charge in [0.25, 0.3) is 11.8 Å². The molecule has 11 heteroatoms. The van der Waals surface area contributed by atoms with E-state index in [0.29, 0.717) is 31.4 Å². The van der Waals surface area contributed by atoms with Gasteiger partial charge in [0.1, 0.15) is 0 Å². The Morgan fingerprint density at radius 2 is 1.69 bits per heavy atom. The molecule has 0 spiro atoms. The number of hydrogen-bond acceptors (Lipinski definition) is 5. The highest BCUT2D eigenvalue weighted by Crippen LogP contribution is 2.36. The molecular formula is C24H15Cl4N3O3S. The van der Waals surface area contributed by atoms with E-state index >= 15 is 0 Å². The van der Waals surface area contributed by atoms with Crippen molar-refractivity contribution in [2.24, 2.45) is 4.99 Å². The smallest absolute Gasteiger partial charge is 0.264 e. The molecule has 0 radical (unpaired) electrons. The number of rotatable bonds is 6. The molecule has 0 aliphatic carbocycles. The summed E-state index contributed by atoms with van der Waals surface area (Å²) in [6, 6.07) is 17.2. The fraction of sp³-hybridized carbons (Fsp3) is 0.0417. The number of para-hydroxylation sites is 1. The number of carbonyl (C=O) groups is 2. The molecule has 0 saturated carbocycles. The van der Waals surface area contributed by atoms with E-state index in [1.807, 2.05) is 30.3 Å². The summed E-state index contributed by atoms with van der Waals surface area (Å²) < 4.78 is 5.53. The van der Waals surface area contributed by atoms with Gasteiger partial charge in [0.05, 0.1) is 30.7 Å². The lowest BCUT2D eigenvalue weighted by molar-refractivity contribution is -0.118. The van der Waals surface area contributed by atoms with E-state index in [1.54, 1.807) is 30.3 Å². The molecule has 3 aromatic rings. The molecule has 0 unspecified atom stereocenters. The number of ether oxygens (including phenoxy) is 1. The Balaban J connectivity index is 1.42. The third kappa shape index (κ3) is 6.72. The zero-order chi connectivity index (χ0) is 24.9. The van der Waals surface area contributed by atoms with Crippen molar-refractivity contribution in [3.05, 3.63) is 91.2 Å². The Morgan fingerprint density at radius 3 is 2.37 bits per heavy atom. The van der Waals surface area contributed by atoms with Gasteiger partial charge in [0.15, 0.2) is 17.5 Å². The van der Waals surface area contributed by atoms with Gasteiger partial charge in [-0.3, -0.25) is 9.59 Å². The Bertz CT molecular complexity index is 1340. The summed E-state index contributed by atoms with van der Waals surface area (Å²) in [7, 11) is 0. The predicted octanol–water partition coefficient (Wildman–Crippen LogP) is 7.21. The fourth-order valence-corrected chi connectivity index (χ4v) is 4.71. The van der Waals surface area contributed by atoms with Crippen LogP contribution >= 0.6 is 58.2 Å². The number of nitrogens with one attached hydrogen (secondary N) is 2. The third-order valence-corrected chi connectivity index (χ3v) is 6.72. The Morgan fingerprint density at radius 1 is 0.971 bits per heavy atom. The number of carbonyl (C=O) groups excluding carboxylic acids is 2. The van der Waals surface area contributed by atoms with Gasteiger partial charge >= 0.3 is 0 Å². The molecule has 1 saturated heterocycles. The minimum atomic E-state index is -0.439. The first-order valence-corrected chi connectivity index (χ1v) is 12.3. The van der Waals surface area contributed by atoms with Crippen LogP contribution in [0.15, 0.2) is 70.6 Å². The Hall–Kier alpha value is -2.68. The average molecular weight is 567 g/mol.